The predicted molar refractivity (Wildman–Crippen MR) is 117 cm³/mol. The predicted octanol–water partition coefficient (Wildman–Crippen LogP) is 3.82. The minimum absolute atomic E-state index is 0.280. The molecule has 2 aromatic heterocycles. The van der Waals surface area contributed by atoms with Crippen LogP contribution in [-0.4, -0.2) is 26.8 Å². The van der Waals surface area contributed by atoms with Crippen LogP contribution in [0.4, 0.5) is 5.69 Å². The van der Waals surface area contributed by atoms with Crippen molar-refractivity contribution in [1.82, 2.24) is 15.0 Å². The molecule has 0 bridgehead atoms. The summed E-state index contributed by atoms with van der Waals surface area (Å²) in [6, 6.07) is 11.2. The molecule has 2 heterocycles. The third-order valence-electron chi connectivity index (χ3n) is 5.00. The summed E-state index contributed by atoms with van der Waals surface area (Å²) in [6.45, 7) is 5.43. The first kappa shape index (κ1) is 19.1. The van der Waals surface area contributed by atoms with Crippen molar-refractivity contribution in [1.29, 1.82) is 0 Å². The summed E-state index contributed by atoms with van der Waals surface area (Å²) < 4.78 is 0. The number of nitrogens with two attached hydrogens (primary N) is 1. The number of H-pyrrole nitrogens is 1. The molecule has 4 N–H and O–H groups in total. The van der Waals surface area contributed by atoms with Gasteiger partial charge >= 0.3 is 0 Å². The highest BCUT2D eigenvalue weighted by atomic mass is 16.1. The van der Waals surface area contributed by atoms with Gasteiger partial charge in [-0.05, 0) is 47.9 Å². The van der Waals surface area contributed by atoms with Gasteiger partial charge in [-0.2, -0.15) is 0 Å². The van der Waals surface area contributed by atoms with E-state index in [9.17, 15) is 9.59 Å². The normalized spacial score (nSPS) is 10.7. The van der Waals surface area contributed by atoms with Gasteiger partial charge in [0.1, 0.15) is 6.33 Å². The topological polar surface area (TPSA) is 114 Å². The van der Waals surface area contributed by atoms with Crippen molar-refractivity contribution >= 4 is 28.4 Å². The molecule has 0 unspecified atom stereocenters. The van der Waals surface area contributed by atoms with Crippen LogP contribution in [0.3, 0.4) is 0 Å². The number of aromatic nitrogens is 3. The molecule has 0 aliphatic heterocycles. The Morgan fingerprint density at radius 2 is 1.90 bits per heavy atom. The van der Waals surface area contributed by atoms with Crippen LogP contribution in [-0.2, 0) is 4.79 Å². The van der Waals surface area contributed by atoms with Gasteiger partial charge < -0.3 is 16.0 Å². The Morgan fingerprint density at radius 3 is 2.60 bits per heavy atom. The number of anilines is 1. The van der Waals surface area contributed by atoms with Crippen molar-refractivity contribution in [2.24, 2.45) is 5.73 Å². The van der Waals surface area contributed by atoms with Crippen molar-refractivity contribution in [3.05, 3.63) is 78.9 Å². The van der Waals surface area contributed by atoms with Crippen molar-refractivity contribution in [3.8, 4) is 22.4 Å². The standard InChI is InChI=1S/C23H19N5O2/c1-3-21(29)27-19-6-4-5-15(13(19)2)16-7-8-17(23(24)30)22-18(16)9-20(28-22)14-10-25-12-26-11-14/h3-12,28H,1H2,2H3,(H2,24,30)(H,27,29). The molecule has 4 aromatic rings. The molecule has 0 saturated heterocycles. The van der Waals surface area contributed by atoms with E-state index in [1.807, 2.05) is 37.3 Å². The number of primary amides is 1. The van der Waals surface area contributed by atoms with E-state index in [0.717, 1.165) is 33.3 Å². The fraction of sp³-hybridized carbons (Fsp3) is 0.0435. The number of nitrogens with one attached hydrogen (secondary N) is 2. The van der Waals surface area contributed by atoms with E-state index in [-0.39, 0.29) is 5.91 Å². The number of carbonyl (C=O) groups is 2. The van der Waals surface area contributed by atoms with Crippen LogP contribution >= 0.6 is 0 Å². The smallest absolute Gasteiger partial charge is 0.250 e. The second-order valence-electron chi connectivity index (χ2n) is 6.80. The zero-order chi connectivity index (χ0) is 21.3. The van der Waals surface area contributed by atoms with Crippen molar-refractivity contribution in [3.63, 3.8) is 0 Å². The van der Waals surface area contributed by atoms with Crippen LogP contribution in [0.25, 0.3) is 33.3 Å². The van der Waals surface area contributed by atoms with Gasteiger partial charge in [-0.25, -0.2) is 9.97 Å². The van der Waals surface area contributed by atoms with E-state index >= 15 is 0 Å². The lowest BCUT2D eigenvalue weighted by atomic mass is 9.94. The molecule has 148 valence electrons. The fourth-order valence-electron chi connectivity index (χ4n) is 3.50. The second-order valence-corrected chi connectivity index (χ2v) is 6.80. The summed E-state index contributed by atoms with van der Waals surface area (Å²) in [5, 5.41) is 3.66. The van der Waals surface area contributed by atoms with E-state index < -0.39 is 5.91 Å². The zero-order valence-corrected chi connectivity index (χ0v) is 16.3. The lowest BCUT2D eigenvalue weighted by Gasteiger charge is -2.13. The van der Waals surface area contributed by atoms with E-state index in [4.69, 9.17) is 5.73 Å². The molecule has 0 fully saturated rings. The zero-order valence-electron chi connectivity index (χ0n) is 16.3. The molecule has 0 aliphatic carbocycles. The molecule has 7 nitrogen and oxygen atoms in total. The maximum absolute atomic E-state index is 12.0. The van der Waals surface area contributed by atoms with E-state index in [1.54, 1.807) is 18.5 Å². The Morgan fingerprint density at radius 1 is 1.13 bits per heavy atom. The van der Waals surface area contributed by atoms with Crippen LogP contribution in [0.5, 0.6) is 0 Å². The summed E-state index contributed by atoms with van der Waals surface area (Å²) in [5.74, 6) is -0.800. The van der Waals surface area contributed by atoms with Gasteiger partial charge in [0.25, 0.3) is 5.91 Å². The van der Waals surface area contributed by atoms with Gasteiger partial charge in [-0.1, -0.05) is 24.8 Å². The molecular weight excluding hydrogens is 378 g/mol. The minimum Gasteiger partial charge on any atom is -0.366 e. The molecule has 4 rings (SSSR count). The van der Waals surface area contributed by atoms with Gasteiger partial charge in [0.15, 0.2) is 0 Å². The third kappa shape index (κ3) is 3.33. The molecule has 0 spiro atoms. The highest BCUT2D eigenvalue weighted by molar-refractivity contribution is 6.11. The van der Waals surface area contributed by atoms with Gasteiger partial charge in [-0.15, -0.1) is 0 Å². The van der Waals surface area contributed by atoms with Crippen molar-refractivity contribution in [2.75, 3.05) is 5.32 Å². The molecule has 0 radical (unpaired) electrons. The first-order valence-electron chi connectivity index (χ1n) is 9.24. The Balaban J connectivity index is 1.94. The summed E-state index contributed by atoms with van der Waals surface area (Å²) in [7, 11) is 0. The number of amides is 2. The molecule has 2 aromatic carbocycles. The first-order valence-corrected chi connectivity index (χ1v) is 9.24. The van der Waals surface area contributed by atoms with E-state index in [0.29, 0.717) is 16.8 Å². The van der Waals surface area contributed by atoms with Crippen LogP contribution in [0.1, 0.15) is 15.9 Å². The summed E-state index contributed by atoms with van der Waals surface area (Å²) >= 11 is 0. The largest absolute Gasteiger partial charge is 0.366 e. The van der Waals surface area contributed by atoms with Crippen molar-refractivity contribution < 1.29 is 9.59 Å². The first-order chi connectivity index (χ1) is 14.5. The maximum atomic E-state index is 12.0. The van der Waals surface area contributed by atoms with Gasteiger partial charge in [0.05, 0.1) is 11.1 Å². The summed E-state index contributed by atoms with van der Waals surface area (Å²) in [5.41, 5.74) is 11.6. The average Bonchev–Trinajstić information content (AvgIpc) is 3.20. The van der Waals surface area contributed by atoms with Gasteiger partial charge in [0, 0.05) is 34.7 Å². The Hall–Kier alpha value is -4.26. The molecule has 7 heteroatoms. The lowest BCUT2D eigenvalue weighted by molar-refractivity contribution is -0.111. The Bertz CT molecular complexity index is 1290. The highest BCUT2D eigenvalue weighted by Crippen LogP contribution is 2.37. The maximum Gasteiger partial charge on any atom is 0.250 e. The van der Waals surface area contributed by atoms with Gasteiger partial charge in [-0.3, -0.25) is 9.59 Å². The quantitative estimate of drug-likeness (QED) is 0.444. The molecular formula is C23H19N5O2. The molecule has 0 aliphatic rings. The monoisotopic (exact) mass is 397 g/mol. The number of rotatable bonds is 5. The van der Waals surface area contributed by atoms with Crippen LogP contribution < -0.4 is 11.1 Å². The Kier molecular flexibility index (Phi) is 4.85. The number of hydrogen-bond acceptors (Lipinski definition) is 4. The molecule has 0 saturated carbocycles. The second kappa shape index (κ2) is 7.63. The number of carbonyl (C=O) groups excluding carboxylic acids is 2. The number of nitrogens with zero attached hydrogens (tertiary/aromatic N) is 2. The third-order valence-corrected chi connectivity index (χ3v) is 5.00. The van der Waals surface area contributed by atoms with Crippen molar-refractivity contribution in [2.45, 2.75) is 6.92 Å². The van der Waals surface area contributed by atoms with Crippen LogP contribution in [0.2, 0.25) is 0 Å². The SMILES string of the molecule is C=CC(=O)Nc1cccc(-c2ccc(C(N)=O)c3[nH]c(-c4cncnc4)cc23)c1C. The van der Waals surface area contributed by atoms with Crippen LogP contribution in [0, 0.1) is 6.92 Å². The Labute approximate surface area is 172 Å². The molecule has 2 amide bonds. The van der Waals surface area contributed by atoms with E-state index in [1.165, 1.54) is 12.4 Å². The summed E-state index contributed by atoms with van der Waals surface area (Å²) in [6.07, 6.45) is 6.07. The summed E-state index contributed by atoms with van der Waals surface area (Å²) in [4.78, 5) is 35.2. The number of fused-ring (bicyclic) bond motifs is 1. The fourth-order valence-corrected chi connectivity index (χ4v) is 3.50. The van der Waals surface area contributed by atoms with E-state index in [2.05, 4.69) is 26.8 Å². The average molecular weight is 397 g/mol. The number of benzene rings is 2. The molecule has 0 atom stereocenters. The minimum atomic E-state index is -0.520. The van der Waals surface area contributed by atoms with Gasteiger partial charge in [0.2, 0.25) is 5.91 Å². The number of hydrogen-bond donors (Lipinski definition) is 3. The van der Waals surface area contributed by atoms with Crippen LogP contribution in [0.15, 0.2) is 67.8 Å². The highest BCUT2D eigenvalue weighted by Gasteiger charge is 2.17. The lowest BCUT2D eigenvalue weighted by Crippen LogP contribution is -2.11. The number of aromatic amines is 1. The molecule has 30 heavy (non-hydrogen) atoms.